The van der Waals surface area contributed by atoms with Crippen molar-refractivity contribution in [2.45, 2.75) is 16.3 Å². The van der Waals surface area contributed by atoms with Gasteiger partial charge in [-0.3, -0.25) is 0 Å². The summed E-state index contributed by atoms with van der Waals surface area (Å²) in [5.74, 6) is -2.37. The number of hydrogen-bond acceptors (Lipinski definition) is 2. The summed E-state index contributed by atoms with van der Waals surface area (Å²) >= 11 is 16.1. The van der Waals surface area contributed by atoms with Crippen LogP contribution < -0.4 is 4.74 Å². The first-order valence-electron chi connectivity index (χ1n) is 4.30. The fourth-order valence-corrected chi connectivity index (χ4v) is 1.46. The van der Waals surface area contributed by atoms with Gasteiger partial charge in [0, 0.05) is 0 Å². The summed E-state index contributed by atoms with van der Waals surface area (Å²) in [7, 11) is 0. The van der Waals surface area contributed by atoms with Crippen LogP contribution in [0.3, 0.4) is 0 Å². The molecule has 1 aromatic carbocycles. The van der Waals surface area contributed by atoms with Crippen LogP contribution in [0.25, 0.3) is 0 Å². The lowest BCUT2D eigenvalue weighted by Gasteiger charge is -2.20. The van der Waals surface area contributed by atoms with Gasteiger partial charge in [0.1, 0.15) is 6.10 Å². The molecule has 1 N–H and O–H groups in total. The Labute approximate surface area is 114 Å². The van der Waals surface area contributed by atoms with Gasteiger partial charge in [-0.2, -0.15) is 0 Å². The number of hydrogen-bond donors (Lipinski definition) is 1. The Bertz CT molecular complexity index is 431. The van der Waals surface area contributed by atoms with Crippen LogP contribution >= 0.6 is 34.8 Å². The third-order valence-electron chi connectivity index (χ3n) is 1.81. The number of aliphatic hydroxyl groups excluding tert-OH is 1. The van der Waals surface area contributed by atoms with Crippen molar-refractivity contribution in [3.63, 3.8) is 0 Å². The van der Waals surface area contributed by atoms with E-state index in [-0.39, 0.29) is 5.56 Å². The fourth-order valence-electron chi connectivity index (χ4n) is 1.08. The van der Waals surface area contributed by atoms with Crippen LogP contribution in [0.1, 0.15) is 11.7 Å². The van der Waals surface area contributed by atoms with Gasteiger partial charge in [-0.25, -0.2) is 4.39 Å². The molecule has 0 aliphatic heterocycles. The Hall–Kier alpha value is -0.430. The van der Waals surface area contributed by atoms with E-state index < -0.39 is 27.8 Å². The monoisotopic (exact) mass is 326 g/mol. The second kappa shape index (κ2) is 5.28. The van der Waals surface area contributed by atoms with Crippen molar-refractivity contribution in [1.82, 2.24) is 0 Å². The molecule has 0 aliphatic carbocycles. The van der Waals surface area contributed by atoms with Crippen LogP contribution in [-0.4, -0.2) is 15.3 Å². The van der Waals surface area contributed by atoms with Crippen LogP contribution in [0.4, 0.5) is 17.6 Å². The lowest BCUT2D eigenvalue weighted by atomic mass is 10.1. The van der Waals surface area contributed by atoms with Crippen molar-refractivity contribution in [1.29, 1.82) is 0 Å². The van der Waals surface area contributed by atoms with E-state index in [0.29, 0.717) is 12.1 Å². The van der Waals surface area contributed by atoms with Gasteiger partial charge in [0.05, 0.1) is 0 Å². The standard InChI is InChI=1S/C9H5Cl3F4O2/c10-8(11,12)7(17)4-1-2-5(13)6(3-4)18-9(14,15)16/h1-3,7,17H. The fraction of sp³-hybridized carbons (Fsp3) is 0.333. The molecule has 0 fully saturated rings. The second-order valence-corrected chi connectivity index (χ2v) is 5.55. The maximum absolute atomic E-state index is 13.1. The first kappa shape index (κ1) is 15.6. The number of alkyl halides is 6. The van der Waals surface area contributed by atoms with E-state index in [4.69, 9.17) is 34.8 Å². The average Bonchev–Trinajstić information content (AvgIpc) is 2.17. The molecule has 0 saturated heterocycles. The first-order chi connectivity index (χ1) is 8.00. The number of rotatable bonds is 2. The van der Waals surface area contributed by atoms with Crippen molar-refractivity contribution < 1.29 is 27.4 Å². The van der Waals surface area contributed by atoms with Crippen LogP contribution in [0, 0.1) is 5.82 Å². The Kier molecular flexibility index (Phi) is 4.59. The molecular weight excluding hydrogens is 322 g/mol. The zero-order chi connectivity index (χ0) is 14.1. The summed E-state index contributed by atoms with van der Waals surface area (Å²) in [6.45, 7) is 0. The molecule has 0 aliphatic rings. The zero-order valence-electron chi connectivity index (χ0n) is 8.31. The molecule has 0 aromatic heterocycles. The molecule has 18 heavy (non-hydrogen) atoms. The number of halogens is 7. The molecule has 2 nitrogen and oxygen atoms in total. The Morgan fingerprint density at radius 2 is 1.72 bits per heavy atom. The van der Waals surface area contributed by atoms with E-state index in [1.54, 1.807) is 0 Å². The van der Waals surface area contributed by atoms with E-state index in [9.17, 15) is 22.7 Å². The van der Waals surface area contributed by atoms with E-state index in [1.807, 2.05) is 0 Å². The lowest BCUT2D eigenvalue weighted by molar-refractivity contribution is -0.275. The van der Waals surface area contributed by atoms with Gasteiger partial charge in [0.25, 0.3) is 0 Å². The lowest BCUT2D eigenvalue weighted by Crippen LogP contribution is -2.19. The number of aliphatic hydroxyl groups is 1. The van der Waals surface area contributed by atoms with Gasteiger partial charge in [-0.1, -0.05) is 40.9 Å². The van der Waals surface area contributed by atoms with Crippen molar-refractivity contribution in [2.24, 2.45) is 0 Å². The minimum Gasteiger partial charge on any atom is -0.403 e. The van der Waals surface area contributed by atoms with Crippen LogP contribution in [0.15, 0.2) is 18.2 Å². The summed E-state index contributed by atoms with van der Waals surface area (Å²) in [5, 5.41) is 9.52. The molecule has 0 bridgehead atoms. The molecule has 1 unspecified atom stereocenters. The summed E-state index contributed by atoms with van der Waals surface area (Å²) < 4.78 is 50.2. The van der Waals surface area contributed by atoms with E-state index in [0.717, 1.165) is 6.07 Å². The summed E-state index contributed by atoms with van der Waals surface area (Å²) in [6.07, 6.45) is -6.79. The Morgan fingerprint density at radius 1 is 1.17 bits per heavy atom. The quantitative estimate of drug-likeness (QED) is 0.654. The minimum atomic E-state index is -5.07. The Morgan fingerprint density at radius 3 is 2.17 bits per heavy atom. The first-order valence-corrected chi connectivity index (χ1v) is 5.44. The van der Waals surface area contributed by atoms with E-state index in [1.165, 1.54) is 0 Å². The van der Waals surface area contributed by atoms with Gasteiger partial charge in [-0.05, 0) is 17.7 Å². The van der Waals surface area contributed by atoms with Crippen molar-refractivity contribution in [2.75, 3.05) is 0 Å². The summed E-state index contributed by atoms with van der Waals surface area (Å²) in [5.41, 5.74) is -0.226. The molecular formula is C9H5Cl3F4O2. The number of benzene rings is 1. The molecule has 0 spiro atoms. The third kappa shape index (κ3) is 4.35. The highest BCUT2D eigenvalue weighted by molar-refractivity contribution is 6.68. The highest BCUT2D eigenvalue weighted by Gasteiger charge is 2.35. The molecule has 1 atom stereocenters. The second-order valence-electron chi connectivity index (χ2n) is 3.18. The molecule has 0 saturated carbocycles. The molecule has 1 rings (SSSR count). The predicted octanol–water partition coefficient (Wildman–Crippen LogP) is 4.13. The van der Waals surface area contributed by atoms with Gasteiger partial charge >= 0.3 is 6.36 Å². The third-order valence-corrected chi connectivity index (χ3v) is 2.43. The van der Waals surface area contributed by atoms with Crippen LogP contribution in [0.5, 0.6) is 5.75 Å². The van der Waals surface area contributed by atoms with Crippen molar-refractivity contribution in [3.8, 4) is 5.75 Å². The van der Waals surface area contributed by atoms with Crippen molar-refractivity contribution in [3.05, 3.63) is 29.6 Å². The molecule has 0 radical (unpaired) electrons. The normalized spacial score (nSPS) is 14.4. The highest BCUT2D eigenvalue weighted by atomic mass is 35.6. The maximum Gasteiger partial charge on any atom is 0.573 e. The molecule has 1 aromatic rings. The van der Waals surface area contributed by atoms with Gasteiger partial charge in [-0.15, -0.1) is 13.2 Å². The van der Waals surface area contributed by atoms with E-state index >= 15 is 0 Å². The zero-order valence-corrected chi connectivity index (χ0v) is 10.6. The SMILES string of the molecule is OC(c1ccc(F)c(OC(F)(F)F)c1)C(Cl)(Cl)Cl. The molecule has 0 amide bonds. The number of ether oxygens (including phenoxy) is 1. The van der Waals surface area contributed by atoms with Crippen molar-refractivity contribution >= 4 is 34.8 Å². The molecule has 102 valence electrons. The van der Waals surface area contributed by atoms with Crippen LogP contribution in [-0.2, 0) is 0 Å². The van der Waals surface area contributed by atoms with Gasteiger partial charge in [0.2, 0.25) is 3.79 Å². The Balaban J connectivity index is 3.08. The van der Waals surface area contributed by atoms with Gasteiger partial charge < -0.3 is 9.84 Å². The predicted molar refractivity (Wildman–Crippen MR) is 58.3 cm³/mol. The van der Waals surface area contributed by atoms with E-state index in [2.05, 4.69) is 4.74 Å². The minimum absolute atomic E-state index is 0.226. The average molecular weight is 327 g/mol. The summed E-state index contributed by atoms with van der Waals surface area (Å²) in [4.78, 5) is 0. The topological polar surface area (TPSA) is 29.5 Å². The highest BCUT2D eigenvalue weighted by Crippen LogP contribution is 2.41. The van der Waals surface area contributed by atoms with Crippen LogP contribution in [0.2, 0.25) is 0 Å². The maximum atomic E-state index is 13.1. The smallest absolute Gasteiger partial charge is 0.403 e. The summed E-state index contributed by atoms with van der Waals surface area (Å²) in [6, 6.07) is 2.25. The van der Waals surface area contributed by atoms with Gasteiger partial charge in [0.15, 0.2) is 11.6 Å². The molecule has 9 heteroatoms. The molecule has 0 heterocycles. The largest absolute Gasteiger partial charge is 0.573 e.